The van der Waals surface area contributed by atoms with Crippen molar-refractivity contribution in [2.75, 3.05) is 0 Å². The van der Waals surface area contributed by atoms with Crippen molar-refractivity contribution >= 4 is 5.78 Å². The number of rotatable bonds is 1. The molecule has 0 aromatic heterocycles. The number of hydrogen-bond acceptors (Lipinski definition) is 7. The highest BCUT2D eigenvalue weighted by Crippen LogP contribution is 2.41. The Morgan fingerprint density at radius 3 is 2.18 bits per heavy atom. The van der Waals surface area contributed by atoms with Crippen molar-refractivity contribution < 1.29 is 35.1 Å². The van der Waals surface area contributed by atoms with Crippen LogP contribution in [0.25, 0.3) is 0 Å². The highest BCUT2D eigenvalue weighted by molar-refractivity contribution is 6.03. The normalized spacial score (nSPS) is 20.3. The van der Waals surface area contributed by atoms with E-state index < -0.39 is 35.2 Å². The van der Waals surface area contributed by atoms with Crippen molar-refractivity contribution in [3.63, 3.8) is 0 Å². The van der Waals surface area contributed by atoms with Crippen molar-refractivity contribution in [3.8, 4) is 28.7 Å². The largest absolute Gasteiger partial charge is 0.504 e. The number of aromatic hydroxyl groups is 4. The van der Waals surface area contributed by atoms with Crippen molar-refractivity contribution in [1.29, 1.82) is 0 Å². The first-order valence-corrected chi connectivity index (χ1v) is 6.35. The van der Waals surface area contributed by atoms with Crippen LogP contribution in [0.15, 0.2) is 30.3 Å². The smallest absolute Gasteiger partial charge is 0.199 e. The van der Waals surface area contributed by atoms with Gasteiger partial charge in [-0.25, -0.2) is 0 Å². The van der Waals surface area contributed by atoms with Gasteiger partial charge in [-0.3, -0.25) is 4.79 Å². The molecule has 1 aliphatic heterocycles. The van der Waals surface area contributed by atoms with E-state index in [-0.39, 0.29) is 22.6 Å². The molecule has 5 N–H and O–H groups in total. The second-order valence-electron chi connectivity index (χ2n) is 4.93. The Morgan fingerprint density at radius 1 is 0.864 bits per heavy atom. The molecule has 2 atom stereocenters. The summed E-state index contributed by atoms with van der Waals surface area (Å²) in [6, 6.07) is 5.85. The Labute approximate surface area is 124 Å². The number of benzene rings is 2. The highest BCUT2D eigenvalue weighted by Gasteiger charge is 2.38. The Balaban J connectivity index is 2.06. The Kier molecular flexibility index (Phi) is 3.07. The number of phenolic OH excluding ortho intramolecular Hbond substituents is 4. The summed E-state index contributed by atoms with van der Waals surface area (Å²) in [5, 5.41) is 47.8. The lowest BCUT2D eigenvalue weighted by atomic mass is 9.93. The maximum atomic E-state index is 12.2. The highest BCUT2D eigenvalue weighted by atomic mass is 16.5. The molecule has 7 nitrogen and oxygen atoms in total. The summed E-state index contributed by atoms with van der Waals surface area (Å²) in [7, 11) is 0. The maximum absolute atomic E-state index is 12.2. The Hall–Kier alpha value is -2.93. The third-order valence-electron chi connectivity index (χ3n) is 3.48. The Morgan fingerprint density at radius 2 is 1.50 bits per heavy atom. The molecule has 0 fully saturated rings. The number of aliphatic hydroxyl groups is 1. The van der Waals surface area contributed by atoms with Crippen LogP contribution in [-0.2, 0) is 0 Å². The molecule has 3 rings (SSSR count). The van der Waals surface area contributed by atoms with Crippen molar-refractivity contribution in [1.82, 2.24) is 0 Å². The van der Waals surface area contributed by atoms with E-state index in [9.17, 15) is 30.3 Å². The van der Waals surface area contributed by atoms with E-state index in [2.05, 4.69) is 0 Å². The molecule has 114 valence electrons. The molecule has 1 aliphatic rings. The lowest BCUT2D eigenvalue weighted by molar-refractivity contribution is 0.0214. The van der Waals surface area contributed by atoms with Gasteiger partial charge in [-0.2, -0.15) is 0 Å². The van der Waals surface area contributed by atoms with Gasteiger partial charge in [0.2, 0.25) is 0 Å². The zero-order valence-corrected chi connectivity index (χ0v) is 11.1. The van der Waals surface area contributed by atoms with E-state index >= 15 is 0 Å². The minimum Gasteiger partial charge on any atom is -0.504 e. The van der Waals surface area contributed by atoms with Gasteiger partial charge in [-0.05, 0) is 23.8 Å². The number of hydrogen-bond donors (Lipinski definition) is 5. The number of Topliss-reactive ketones (excluding diaryl/α,β-unsaturated/α-hetero) is 1. The molecule has 0 aliphatic carbocycles. The van der Waals surface area contributed by atoms with Crippen LogP contribution in [0.3, 0.4) is 0 Å². The van der Waals surface area contributed by atoms with E-state index in [1.165, 1.54) is 18.2 Å². The molecule has 0 saturated carbocycles. The maximum Gasteiger partial charge on any atom is 0.199 e. The third kappa shape index (κ3) is 2.08. The molecule has 1 heterocycles. The van der Waals surface area contributed by atoms with Crippen LogP contribution in [0, 0.1) is 0 Å². The van der Waals surface area contributed by atoms with E-state index in [0.29, 0.717) is 0 Å². The molecule has 0 amide bonds. The molecular formula is C15H12O7. The lowest BCUT2D eigenvalue weighted by Gasteiger charge is -2.30. The first kappa shape index (κ1) is 14.0. The average molecular weight is 304 g/mol. The van der Waals surface area contributed by atoms with Gasteiger partial charge in [-0.1, -0.05) is 6.07 Å². The minimum absolute atomic E-state index is 0.00293. The number of ketones is 1. The Bertz CT molecular complexity index is 769. The SMILES string of the molecule is O=C1c2cc(O)c(O)cc2OC(c2ccc(O)c(O)c2)C1O. The molecule has 2 aromatic carbocycles. The third-order valence-corrected chi connectivity index (χ3v) is 3.48. The van der Waals surface area contributed by atoms with Gasteiger partial charge in [0.1, 0.15) is 5.75 Å². The fourth-order valence-corrected chi connectivity index (χ4v) is 2.31. The molecule has 0 spiro atoms. The van der Waals surface area contributed by atoms with Crippen LogP contribution in [-0.4, -0.2) is 37.4 Å². The molecule has 0 bridgehead atoms. The molecule has 7 heteroatoms. The van der Waals surface area contributed by atoms with Crippen molar-refractivity contribution in [2.45, 2.75) is 12.2 Å². The number of phenols is 4. The minimum atomic E-state index is -1.56. The average Bonchev–Trinajstić information content (AvgIpc) is 2.48. The second kappa shape index (κ2) is 4.81. The van der Waals surface area contributed by atoms with Crippen LogP contribution in [0.2, 0.25) is 0 Å². The number of fused-ring (bicyclic) bond motifs is 1. The van der Waals surface area contributed by atoms with E-state index in [0.717, 1.165) is 12.1 Å². The van der Waals surface area contributed by atoms with Crippen molar-refractivity contribution in [3.05, 3.63) is 41.5 Å². The zero-order valence-electron chi connectivity index (χ0n) is 11.1. The number of ether oxygens (including phenoxy) is 1. The van der Waals surface area contributed by atoms with Crippen LogP contribution < -0.4 is 4.74 Å². The van der Waals surface area contributed by atoms with E-state index in [1.807, 2.05) is 0 Å². The first-order chi connectivity index (χ1) is 10.4. The summed E-state index contributed by atoms with van der Waals surface area (Å²) in [5.41, 5.74) is 0.219. The first-order valence-electron chi connectivity index (χ1n) is 6.35. The number of carbonyl (C=O) groups is 1. The monoisotopic (exact) mass is 304 g/mol. The molecular weight excluding hydrogens is 292 g/mol. The van der Waals surface area contributed by atoms with Crippen LogP contribution in [0.5, 0.6) is 28.7 Å². The predicted molar refractivity (Wildman–Crippen MR) is 73.2 cm³/mol. The number of aliphatic hydroxyl groups excluding tert-OH is 1. The fourth-order valence-electron chi connectivity index (χ4n) is 2.31. The van der Waals surface area contributed by atoms with Gasteiger partial charge >= 0.3 is 0 Å². The lowest BCUT2D eigenvalue weighted by Crippen LogP contribution is -2.36. The molecule has 2 aromatic rings. The van der Waals surface area contributed by atoms with Gasteiger partial charge in [0.05, 0.1) is 5.56 Å². The molecule has 22 heavy (non-hydrogen) atoms. The number of carbonyl (C=O) groups excluding carboxylic acids is 1. The summed E-state index contributed by atoms with van der Waals surface area (Å²) >= 11 is 0. The van der Waals surface area contributed by atoms with Crippen LogP contribution in [0.1, 0.15) is 22.0 Å². The summed E-state index contributed by atoms with van der Waals surface area (Å²) in [4.78, 5) is 12.2. The fraction of sp³-hybridized carbons (Fsp3) is 0.133. The topological polar surface area (TPSA) is 127 Å². The van der Waals surface area contributed by atoms with Crippen molar-refractivity contribution in [2.24, 2.45) is 0 Å². The molecule has 0 saturated heterocycles. The summed E-state index contributed by atoms with van der Waals surface area (Å²) < 4.78 is 5.50. The predicted octanol–water partition coefficient (Wildman–Crippen LogP) is 1.19. The van der Waals surface area contributed by atoms with Gasteiger partial charge in [0, 0.05) is 6.07 Å². The van der Waals surface area contributed by atoms with E-state index in [1.54, 1.807) is 0 Å². The summed E-state index contributed by atoms with van der Waals surface area (Å²) in [5.74, 6) is -2.40. The second-order valence-corrected chi connectivity index (χ2v) is 4.93. The van der Waals surface area contributed by atoms with Gasteiger partial charge < -0.3 is 30.3 Å². The quantitative estimate of drug-likeness (QED) is 0.501. The van der Waals surface area contributed by atoms with Gasteiger partial charge in [0.15, 0.2) is 41.0 Å². The van der Waals surface area contributed by atoms with Crippen LogP contribution in [0.4, 0.5) is 0 Å². The molecule has 0 radical (unpaired) electrons. The van der Waals surface area contributed by atoms with Gasteiger partial charge in [0.25, 0.3) is 0 Å². The summed E-state index contributed by atoms with van der Waals surface area (Å²) in [6.07, 6.45) is -2.67. The van der Waals surface area contributed by atoms with E-state index in [4.69, 9.17) is 4.74 Å². The summed E-state index contributed by atoms with van der Waals surface area (Å²) in [6.45, 7) is 0. The standard InChI is InChI=1S/C15H12O7/c16-8-2-1-6(3-9(8)17)15-14(21)13(20)7-4-10(18)11(19)5-12(7)22-15/h1-5,14-19,21H. The van der Waals surface area contributed by atoms with Crippen LogP contribution >= 0.6 is 0 Å². The zero-order chi connectivity index (χ0) is 16.0. The molecule has 2 unspecified atom stereocenters. The van der Waals surface area contributed by atoms with Gasteiger partial charge in [-0.15, -0.1) is 0 Å².